The van der Waals surface area contributed by atoms with Crippen molar-refractivity contribution >= 4 is 5.91 Å². The number of rotatable bonds is 6. The Morgan fingerprint density at radius 2 is 1.86 bits per heavy atom. The number of piperidine rings is 1. The highest BCUT2D eigenvalue weighted by atomic mass is 16.2. The fourth-order valence-corrected chi connectivity index (χ4v) is 4.12. The van der Waals surface area contributed by atoms with Gasteiger partial charge in [0, 0.05) is 25.6 Å². The maximum absolute atomic E-state index is 12.1. The molecule has 0 aromatic rings. The Bertz CT molecular complexity index is 312. The van der Waals surface area contributed by atoms with Crippen LogP contribution in [0.4, 0.5) is 0 Å². The summed E-state index contributed by atoms with van der Waals surface area (Å²) < 4.78 is 0. The van der Waals surface area contributed by atoms with Crippen LogP contribution < -0.4 is 5.32 Å². The molecule has 0 radical (unpaired) electrons. The van der Waals surface area contributed by atoms with Crippen LogP contribution >= 0.6 is 0 Å². The smallest absolute Gasteiger partial charge is 0.222 e. The van der Waals surface area contributed by atoms with Gasteiger partial charge in [-0.05, 0) is 44.1 Å². The van der Waals surface area contributed by atoms with Crippen molar-refractivity contribution in [1.82, 2.24) is 10.2 Å². The van der Waals surface area contributed by atoms with Gasteiger partial charge in [0.05, 0.1) is 0 Å². The first-order chi connectivity index (χ1) is 10.2. The standard InChI is InChI=1S/C18H34N2O/c1-3-8-16-11-17(14-20(13-16)18(21)4-2)19-12-15-9-6-5-7-10-15/h15-17,19H,3-14H2,1-2H3. The number of nitrogens with one attached hydrogen (secondary N) is 1. The lowest BCUT2D eigenvalue weighted by atomic mass is 9.87. The Labute approximate surface area is 130 Å². The summed E-state index contributed by atoms with van der Waals surface area (Å²) in [5, 5.41) is 3.79. The van der Waals surface area contributed by atoms with E-state index in [-0.39, 0.29) is 0 Å². The van der Waals surface area contributed by atoms with E-state index in [0.29, 0.717) is 24.3 Å². The summed E-state index contributed by atoms with van der Waals surface area (Å²) in [6, 6.07) is 0.521. The molecule has 2 aliphatic rings. The molecule has 3 heteroatoms. The van der Waals surface area contributed by atoms with E-state index in [1.54, 1.807) is 0 Å². The number of likely N-dealkylation sites (tertiary alicyclic amines) is 1. The van der Waals surface area contributed by atoms with Gasteiger partial charge in [-0.1, -0.05) is 39.5 Å². The van der Waals surface area contributed by atoms with Gasteiger partial charge in [0.25, 0.3) is 0 Å². The van der Waals surface area contributed by atoms with Crippen LogP contribution in [0.25, 0.3) is 0 Å². The minimum absolute atomic E-state index is 0.334. The molecule has 1 amide bonds. The van der Waals surface area contributed by atoms with E-state index >= 15 is 0 Å². The van der Waals surface area contributed by atoms with Crippen LogP contribution in [0.2, 0.25) is 0 Å². The van der Waals surface area contributed by atoms with Crippen LogP contribution in [-0.4, -0.2) is 36.5 Å². The maximum atomic E-state index is 12.1. The normalized spacial score (nSPS) is 27.8. The summed E-state index contributed by atoms with van der Waals surface area (Å²) in [6.07, 6.45) is 11.4. The lowest BCUT2D eigenvalue weighted by molar-refractivity contribution is -0.133. The summed E-state index contributed by atoms with van der Waals surface area (Å²) in [7, 11) is 0. The van der Waals surface area contributed by atoms with Crippen LogP contribution in [0.5, 0.6) is 0 Å². The molecule has 21 heavy (non-hydrogen) atoms. The van der Waals surface area contributed by atoms with Crippen LogP contribution in [0.1, 0.15) is 71.6 Å². The average Bonchev–Trinajstić information content (AvgIpc) is 2.53. The molecule has 1 aliphatic heterocycles. The van der Waals surface area contributed by atoms with Crippen molar-refractivity contribution in [1.29, 1.82) is 0 Å². The van der Waals surface area contributed by atoms with E-state index in [1.165, 1.54) is 51.4 Å². The van der Waals surface area contributed by atoms with E-state index in [2.05, 4.69) is 17.1 Å². The van der Waals surface area contributed by atoms with Crippen LogP contribution in [-0.2, 0) is 4.79 Å². The van der Waals surface area contributed by atoms with E-state index in [0.717, 1.165) is 25.6 Å². The first kappa shape index (κ1) is 16.8. The second-order valence-electron chi connectivity index (χ2n) is 7.15. The third kappa shape index (κ3) is 5.28. The summed E-state index contributed by atoms with van der Waals surface area (Å²) in [6.45, 7) is 7.32. The predicted octanol–water partition coefficient (Wildman–Crippen LogP) is 3.58. The van der Waals surface area contributed by atoms with E-state index < -0.39 is 0 Å². The highest BCUT2D eigenvalue weighted by molar-refractivity contribution is 5.76. The zero-order chi connectivity index (χ0) is 15.1. The molecular weight excluding hydrogens is 260 g/mol. The molecule has 0 bridgehead atoms. The molecule has 0 spiro atoms. The summed E-state index contributed by atoms with van der Waals surface area (Å²) in [4.78, 5) is 14.2. The highest BCUT2D eigenvalue weighted by Crippen LogP contribution is 2.25. The molecule has 0 aromatic carbocycles. The van der Waals surface area contributed by atoms with E-state index in [9.17, 15) is 4.79 Å². The van der Waals surface area contributed by atoms with Gasteiger partial charge in [-0.15, -0.1) is 0 Å². The summed E-state index contributed by atoms with van der Waals surface area (Å²) in [5.74, 6) is 1.91. The van der Waals surface area contributed by atoms with Crippen molar-refractivity contribution in [3.05, 3.63) is 0 Å². The van der Waals surface area contributed by atoms with Crippen molar-refractivity contribution in [3.8, 4) is 0 Å². The predicted molar refractivity (Wildman–Crippen MR) is 88.3 cm³/mol. The Hall–Kier alpha value is -0.570. The highest BCUT2D eigenvalue weighted by Gasteiger charge is 2.29. The van der Waals surface area contributed by atoms with Gasteiger partial charge in [0.15, 0.2) is 0 Å². The van der Waals surface area contributed by atoms with Crippen LogP contribution in [0.3, 0.4) is 0 Å². The number of hydrogen-bond donors (Lipinski definition) is 1. The molecule has 1 saturated carbocycles. The fourth-order valence-electron chi connectivity index (χ4n) is 4.12. The number of carbonyl (C=O) groups excluding carboxylic acids is 1. The molecule has 122 valence electrons. The molecule has 2 rings (SSSR count). The quantitative estimate of drug-likeness (QED) is 0.812. The molecule has 1 aliphatic carbocycles. The van der Waals surface area contributed by atoms with Crippen molar-refractivity contribution in [2.24, 2.45) is 11.8 Å². The largest absolute Gasteiger partial charge is 0.341 e. The Morgan fingerprint density at radius 3 is 2.52 bits per heavy atom. The molecule has 0 aromatic heterocycles. The number of hydrogen-bond acceptors (Lipinski definition) is 2. The molecule has 2 fully saturated rings. The second kappa shape index (κ2) is 8.77. The third-order valence-electron chi connectivity index (χ3n) is 5.31. The monoisotopic (exact) mass is 294 g/mol. The Balaban J connectivity index is 1.82. The lowest BCUT2D eigenvalue weighted by Gasteiger charge is -2.39. The van der Waals surface area contributed by atoms with Gasteiger partial charge >= 0.3 is 0 Å². The molecule has 1 heterocycles. The van der Waals surface area contributed by atoms with E-state index in [4.69, 9.17) is 0 Å². The van der Waals surface area contributed by atoms with Gasteiger partial charge in [0.2, 0.25) is 5.91 Å². The number of amides is 1. The van der Waals surface area contributed by atoms with Gasteiger partial charge < -0.3 is 10.2 Å². The first-order valence-electron chi connectivity index (χ1n) is 9.24. The third-order valence-corrected chi connectivity index (χ3v) is 5.31. The minimum atomic E-state index is 0.334. The van der Waals surface area contributed by atoms with Crippen molar-refractivity contribution in [2.75, 3.05) is 19.6 Å². The van der Waals surface area contributed by atoms with Gasteiger partial charge in [-0.25, -0.2) is 0 Å². The molecular formula is C18H34N2O. The number of nitrogens with zero attached hydrogens (tertiary/aromatic N) is 1. The summed E-state index contributed by atoms with van der Waals surface area (Å²) >= 11 is 0. The Morgan fingerprint density at radius 1 is 1.10 bits per heavy atom. The lowest BCUT2D eigenvalue weighted by Crippen LogP contribution is -2.52. The minimum Gasteiger partial charge on any atom is -0.341 e. The molecule has 1 saturated heterocycles. The maximum Gasteiger partial charge on any atom is 0.222 e. The van der Waals surface area contributed by atoms with Crippen molar-refractivity contribution in [3.63, 3.8) is 0 Å². The number of carbonyl (C=O) groups is 1. The van der Waals surface area contributed by atoms with Crippen molar-refractivity contribution in [2.45, 2.75) is 77.7 Å². The zero-order valence-corrected chi connectivity index (χ0v) is 14.1. The van der Waals surface area contributed by atoms with Gasteiger partial charge in [-0.2, -0.15) is 0 Å². The van der Waals surface area contributed by atoms with Crippen LogP contribution in [0.15, 0.2) is 0 Å². The SMILES string of the molecule is CCCC1CC(NCC2CCCCC2)CN(C(=O)CC)C1. The Kier molecular flexibility index (Phi) is 7.01. The summed E-state index contributed by atoms with van der Waals surface area (Å²) in [5.41, 5.74) is 0. The molecule has 2 unspecified atom stereocenters. The molecule has 3 nitrogen and oxygen atoms in total. The molecule has 2 atom stereocenters. The topological polar surface area (TPSA) is 32.3 Å². The zero-order valence-electron chi connectivity index (χ0n) is 14.1. The fraction of sp³-hybridized carbons (Fsp3) is 0.944. The van der Waals surface area contributed by atoms with E-state index in [1.807, 2.05) is 6.92 Å². The van der Waals surface area contributed by atoms with Crippen LogP contribution in [0, 0.1) is 11.8 Å². The van der Waals surface area contributed by atoms with Crippen molar-refractivity contribution < 1.29 is 4.79 Å². The average molecular weight is 294 g/mol. The van der Waals surface area contributed by atoms with Gasteiger partial charge in [0.1, 0.15) is 0 Å². The van der Waals surface area contributed by atoms with Gasteiger partial charge in [-0.3, -0.25) is 4.79 Å². The second-order valence-corrected chi connectivity index (χ2v) is 7.15. The first-order valence-corrected chi connectivity index (χ1v) is 9.24. The molecule has 1 N–H and O–H groups in total.